The van der Waals surface area contributed by atoms with Gasteiger partial charge in [-0.3, -0.25) is 4.79 Å². The van der Waals surface area contributed by atoms with Gasteiger partial charge in [0.25, 0.3) is 5.91 Å². The van der Waals surface area contributed by atoms with Crippen molar-refractivity contribution in [1.82, 2.24) is 5.32 Å². The number of carboxylic acid groups (broad SMARTS) is 1. The SMILES string of the molecule is COc1csc(C(=O)N[C@@]2(C(=O)O)CCSC2)c1. The summed E-state index contributed by atoms with van der Waals surface area (Å²) in [6, 6.07) is 1.61. The molecule has 7 heteroatoms. The Hall–Kier alpha value is -1.21. The van der Waals surface area contributed by atoms with E-state index in [0.717, 1.165) is 5.75 Å². The number of amides is 1. The Balaban J connectivity index is 2.12. The van der Waals surface area contributed by atoms with Crippen molar-refractivity contribution in [1.29, 1.82) is 0 Å². The van der Waals surface area contributed by atoms with Crippen LogP contribution in [0.15, 0.2) is 11.4 Å². The third-order valence-corrected chi connectivity index (χ3v) is 4.92. The molecule has 18 heavy (non-hydrogen) atoms. The largest absolute Gasteiger partial charge is 0.496 e. The van der Waals surface area contributed by atoms with Gasteiger partial charge in [0.15, 0.2) is 0 Å². The van der Waals surface area contributed by atoms with E-state index in [1.54, 1.807) is 11.4 Å². The maximum absolute atomic E-state index is 12.0. The van der Waals surface area contributed by atoms with E-state index in [2.05, 4.69) is 5.32 Å². The van der Waals surface area contributed by atoms with Crippen LogP contribution in [0.3, 0.4) is 0 Å². The minimum atomic E-state index is -1.13. The standard InChI is InChI=1S/C11H13NO4S2/c1-16-7-4-8(18-5-7)9(13)12-11(10(14)15)2-3-17-6-11/h4-5H,2-3,6H2,1H3,(H,12,13)(H,14,15)/t11-/m0/s1. The van der Waals surface area contributed by atoms with Gasteiger partial charge in [0.1, 0.15) is 11.3 Å². The van der Waals surface area contributed by atoms with Crippen molar-refractivity contribution in [2.75, 3.05) is 18.6 Å². The highest BCUT2D eigenvalue weighted by molar-refractivity contribution is 7.99. The fourth-order valence-electron chi connectivity index (χ4n) is 1.71. The van der Waals surface area contributed by atoms with Crippen LogP contribution in [0.5, 0.6) is 5.75 Å². The van der Waals surface area contributed by atoms with Gasteiger partial charge in [-0.2, -0.15) is 11.8 Å². The average Bonchev–Trinajstić information content (AvgIpc) is 2.97. The number of hydrogen-bond acceptors (Lipinski definition) is 5. The number of carboxylic acids is 1. The lowest BCUT2D eigenvalue weighted by atomic mass is 9.99. The Morgan fingerprint density at radius 2 is 2.33 bits per heavy atom. The maximum Gasteiger partial charge on any atom is 0.330 e. The van der Waals surface area contributed by atoms with E-state index in [9.17, 15) is 14.7 Å². The lowest BCUT2D eigenvalue weighted by Crippen LogP contribution is -2.54. The first-order chi connectivity index (χ1) is 8.57. The summed E-state index contributed by atoms with van der Waals surface area (Å²) in [5.74, 6) is 0.449. The van der Waals surface area contributed by atoms with Crippen LogP contribution in [0.25, 0.3) is 0 Å². The van der Waals surface area contributed by atoms with Gasteiger partial charge >= 0.3 is 5.97 Å². The zero-order valence-corrected chi connectivity index (χ0v) is 11.4. The molecule has 2 rings (SSSR count). The van der Waals surface area contributed by atoms with Crippen LogP contribution in [0.2, 0.25) is 0 Å². The summed E-state index contributed by atoms with van der Waals surface area (Å²) in [7, 11) is 1.52. The van der Waals surface area contributed by atoms with Crippen LogP contribution in [-0.2, 0) is 4.79 Å². The van der Waals surface area contributed by atoms with Gasteiger partial charge in [-0.25, -0.2) is 4.79 Å². The third kappa shape index (κ3) is 2.46. The molecule has 1 atom stereocenters. The molecule has 0 aliphatic carbocycles. The number of nitrogens with one attached hydrogen (secondary N) is 1. The first-order valence-corrected chi connectivity index (χ1v) is 7.37. The van der Waals surface area contributed by atoms with Gasteiger partial charge in [-0.05, 0) is 12.2 Å². The van der Waals surface area contributed by atoms with Gasteiger partial charge < -0.3 is 15.2 Å². The average molecular weight is 287 g/mol. The summed E-state index contributed by atoms with van der Waals surface area (Å²) in [4.78, 5) is 23.8. The second kappa shape index (κ2) is 5.19. The number of methoxy groups -OCH3 is 1. The number of ether oxygens (including phenoxy) is 1. The summed E-state index contributed by atoms with van der Waals surface area (Å²) < 4.78 is 5.00. The van der Waals surface area contributed by atoms with E-state index in [4.69, 9.17) is 4.74 Å². The van der Waals surface area contributed by atoms with Gasteiger partial charge in [-0.1, -0.05) is 0 Å². The van der Waals surface area contributed by atoms with Crippen molar-refractivity contribution in [2.45, 2.75) is 12.0 Å². The lowest BCUT2D eigenvalue weighted by molar-refractivity contribution is -0.143. The number of rotatable bonds is 4. The van der Waals surface area contributed by atoms with E-state index in [1.165, 1.54) is 30.2 Å². The molecule has 0 saturated carbocycles. The zero-order chi connectivity index (χ0) is 13.2. The number of hydrogen-bond donors (Lipinski definition) is 2. The van der Waals surface area contributed by atoms with Crippen molar-refractivity contribution >= 4 is 35.0 Å². The predicted molar refractivity (Wildman–Crippen MR) is 70.6 cm³/mol. The summed E-state index contributed by atoms with van der Waals surface area (Å²) in [6.45, 7) is 0. The van der Waals surface area contributed by atoms with Crippen LogP contribution < -0.4 is 10.1 Å². The topological polar surface area (TPSA) is 75.6 Å². The molecule has 1 amide bonds. The number of thiophene rings is 1. The highest BCUT2D eigenvalue weighted by Gasteiger charge is 2.43. The summed E-state index contributed by atoms with van der Waals surface area (Å²) in [5, 5.41) is 13.6. The molecule has 1 aromatic heterocycles. The molecule has 0 aromatic carbocycles. The van der Waals surface area contributed by atoms with E-state index in [-0.39, 0.29) is 5.91 Å². The van der Waals surface area contributed by atoms with Crippen molar-refractivity contribution < 1.29 is 19.4 Å². The Bertz CT molecular complexity index is 465. The third-order valence-electron chi connectivity index (χ3n) is 2.82. The lowest BCUT2D eigenvalue weighted by Gasteiger charge is -2.24. The molecule has 0 radical (unpaired) electrons. The number of thioether (sulfide) groups is 1. The van der Waals surface area contributed by atoms with Crippen molar-refractivity contribution in [3.63, 3.8) is 0 Å². The van der Waals surface area contributed by atoms with Crippen LogP contribution in [0.1, 0.15) is 16.1 Å². The Kier molecular flexibility index (Phi) is 3.82. The highest BCUT2D eigenvalue weighted by Crippen LogP contribution is 2.29. The summed E-state index contributed by atoms with van der Waals surface area (Å²) in [6.07, 6.45) is 0.460. The maximum atomic E-state index is 12.0. The quantitative estimate of drug-likeness (QED) is 0.876. The van der Waals surface area contributed by atoms with Crippen LogP contribution in [-0.4, -0.2) is 41.1 Å². The Morgan fingerprint density at radius 3 is 2.83 bits per heavy atom. The van der Waals surface area contributed by atoms with Gasteiger partial charge in [-0.15, -0.1) is 11.3 Å². The minimum Gasteiger partial charge on any atom is -0.496 e. The first-order valence-electron chi connectivity index (χ1n) is 5.33. The van der Waals surface area contributed by atoms with Crippen molar-refractivity contribution in [3.05, 3.63) is 16.3 Å². The fourth-order valence-corrected chi connectivity index (χ4v) is 3.78. The molecule has 0 spiro atoms. The molecule has 1 aromatic rings. The molecule has 1 aliphatic heterocycles. The van der Waals surface area contributed by atoms with Crippen molar-refractivity contribution in [3.8, 4) is 5.75 Å². The van der Waals surface area contributed by atoms with E-state index >= 15 is 0 Å². The molecule has 98 valence electrons. The van der Waals surface area contributed by atoms with Crippen molar-refractivity contribution in [2.24, 2.45) is 0 Å². The molecular formula is C11H13NO4S2. The molecular weight excluding hydrogens is 274 g/mol. The number of carbonyl (C=O) groups is 2. The van der Waals surface area contributed by atoms with Gasteiger partial charge in [0, 0.05) is 17.2 Å². The second-order valence-electron chi connectivity index (χ2n) is 3.99. The molecule has 1 saturated heterocycles. The minimum absolute atomic E-state index is 0.354. The molecule has 1 fully saturated rings. The normalized spacial score (nSPS) is 22.7. The first kappa shape index (κ1) is 13.2. The Morgan fingerprint density at radius 1 is 1.56 bits per heavy atom. The number of carbonyl (C=O) groups excluding carboxylic acids is 1. The predicted octanol–water partition coefficient (Wildman–Crippen LogP) is 1.45. The molecule has 1 aliphatic rings. The van der Waals surface area contributed by atoms with Crippen LogP contribution >= 0.6 is 23.1 Å². The van der Waals surface area contributed by atoms with E-state index in [1.807, 2.05) is 0 Å². The van der Waals surface area contributed by atoms with Gasteiger partial charge in [0.05, 0.1) is 12.0 Å². The molecule has 5 nitrogen and oxygen atoms in total. The van der Waals surface area contributed by atoms with E-state index in [0.29, 0.717) is 22.8 Å². The van der Waals surface area contributed by atoms with Crippen LogP contribution in [0, 0.1) is 0 Å². The monoisotopic (exact) mass is 287 g/mol. The molecule has 2 heterocycles. The highest BCUT2D eigenvalue weighted by atomic mass is 32.2. The molecule has 2 N–H and O–H groups in total. The number of aliphatic carboxylic acids is 1. The van der Waals surface area contributed by atoms with Gasteiger partial charge in [0.2, 0.25) is 0 Å². The summed E-state index contributed by atoms with van der Waals surface area (Å²) >= 11 is 2.78. The fraction of sp³-hybridized carbons (Fsp3) is 0.455. The smallest absolute Gasteiger partial charge is 0.330 e. The van der Waals surface area contributed by atoms with Crippen LogP contribution in [0.4, 0.5) is 0 Å². The summed E-state index contributed by atoms with van der Waals surface area (Å²) in [5.41, 5.74) is -1.13. The zero-order valence-electron chi connectivity index (χ0n) is 9.76. The molecule has 0 bridgehead atoms. The Labute approximate surface area is 113 Å². The molecule has 0 unspecified atom stereocenters. The van der Waals surface area contributed by atoms with E-state index < -0.39 is 11.5 Å². The second-order valence-corrected chi connectivity index (χ2v) is 6.01.